The lowest BCUT2D eigenvalue weighted by Crippen LogP contribution is -2.45. The highest BCUT2D eigenvalue weighted by molar-refractivity contribution is 5.94. The number of hydrogen-bond donors (Lipinski definition) is 1. The summed E-state index contributed by atoms with van der Waals surface area (Å²) in [7, 11) is 2.58. The van der Waals surface area contributed by atoms with Crippen LogP contribution in [0.25, 0.3) is 6.08 Å². The van der Waals surface area contributed by atoms with Crippen LogP contribution < -0.4 is 14.8 Å². The fourth-order valence-corrected chi connectivity index (χ4v) is 2.15. The van der Waals surface area contributed by atoms with Crippen molar-refractivity contribution in [2.45, 2.75) is 32.9 Å². The number of carbonyl (C=O) groups is 2. The summed E-state index contributed by atoms with van der Waals surface area (Å²) in [5.41, 5.74) is 0.539. The van der Waals surface area contributed by atoms with Crippen LogP contribution in [-0.4, -0.2) is 38.7 Å². The number of ether oxygens (including phenoxy) is 3. The van der Waals surface area contributed by atoms with Crippen LogP contribution in [0.4, 0.5) is 8.78 Å². The Labute approximate surface area is 151 Å². The fourth-order valence-electron chi connectivity index (χ4n) is 2.15. The molecule has 144 valence electrons. The molecule has 1 aromatic rings. The van der Waals surface area contributed by atoms with Crippen LogP contribution in [0.15, 0.2) is 24.3 Å². The third kappa shape index (κ3) is 6.34. The van der Waals surface area contributed by atoms with Crippen LogP contribution >= 0.6 is 0 Å². The summed E-state index contributed by atoms with van der Waals surface area (Å²) in [4.78, 5) is 23.9. The molecule has 1 amide bonds. The summed E-state index contributed by atoms with van der Waals surface area (Å²) in [6, 6.07) is 3.52. The maximum atomic E-state index is 12.3. The summed E-state index contributed by atoms with van der Waals surface area (Å²) < 4.78 is 38.7. The van der Waals surface area contributed by atoms with E-state index in [1.54, 1.807) is 0 Å². The van der Waals surface area contributed by atoms with E-state index in [2.05, 4.69) is 10.1 Å². The molecule has 0 aliphatic carbocycles. The Hall–Kier alpha value is -2.64. The summed E-state index contributed by atoms with van der Waals surface area (Å²) >= 11 is 0. The molecular weight excluding hydrogens is 348 g/mol. The zero-order chi connectivity index (χ0) is 19.7. The molecule has 0 aliphatic rings. The quantitative estimate of drug-likeness (QED) is 0.534. The van der Waals surface area contributed by atoms with Crippen molar-refractivity contribution in [2.24, 2.45) is 5.92 Å². The van der Waals surface area contributed by atoms with Crippen molar-refractivity contribution in [1.82, 2.24) is 5.32 Å². The lowest BCUT2D eigenvalue weighted by molar-refractivity contribution is -0.146. The SMILES string of the molecule is CC[C@H](C)[C@H](NC(=O)/C=C/c1ccc(OC(F)F)c(OC)c1)C(=O)OC. The van der Waals surface area contributed by atoms with Crippen molar-refractivity contribution < 1.29 is 32.6 Å². The van der Waals surface area contributed by atoms with E-state index in [-0.39, 0.29) is 17.4 Å². The number of rotatable bonds is 9. The second-order valence-electron chi connectivity index (χ2n) is 5.52. The van der Waals surface area contributed by atoms with Gasteiger partial charge in [0.15, 0.2) is 11.5 Å². The molecule has 1 N–H and O–H groups in total. The number of carbonyl (C=O) groups excluding carboxylic acids is 2. The van der Waals surface area contributed by atoms with Crippen LogP contribution in [0.5, 0.6) is 11.5 Å². The zero-order valence-electron chi connectivity index (χ0n) is 15.1. The Bertz CT molecular complexity index is 648. The highest BCUT2D eigenvalue weighted by Gasteiger charge is 2.25. The summed E-state index contributed by atoms with van der Waals surface area (Å²) in [5.74, 6) is -1.08. The lowest BCUT2D eigenvalue weighted by atomic mass is 9.99. The molecule has 1 aromatic carbocycles. The molecule has 0 saturated heterocycles. The van der Waals surface area contributed by atoms with Crippen molar-refractivity contribution in [3.8, 4) is 11.5 Å². The number of amides is 1. The van der Waals surface area contributed by atoms with Gasteiger partial charge < -0.3 is 19.5 Å². The van der Waals surface area contributed by atoms with Gasteiger partial charge in [0.05, 0.1) is 14.2 Å². The maximum Gasteiger partial charge on any atom is 0.387 e. The minimum absolute atomic E-state index is 0.0920. The van der Waals surface area contributed by atoms with Crippen molar-refractivity contribution in [3.63, 3.8) is 0 Å². The number of esters is 1. The molecule has 0 aliphatic heterocycles. The number of halogens is 2. The Morgan fingerprint density at radius 1 is 1.23 bits per heavy atom. The average molecular weight is 371 g/mol. The van der Waals surface area contributed by atoms with E-state index in [0.29, 0.717) is 12.0 Å². The first-order valence-corrected chi connectivity index (χ1v) is 8.01. The first kappa shape index (κ1) is 21.4. The molecule has 8 heteroatoms. The highest BCUT2D eigenvalue weighted by Crippen LogP contribution is 2.29. The largest absolute Gasteiger partial charge is 0.493 e. The molecule has 0 heterocycles. The van der Waals surface area contributed by atoms with Gasteiger partial charge in [0, 0.05) is 6.08 Å². The molecule has 0 radical (unpaired) electrons. The Kier molecular flexibility index (Phi) is 8.54. The third-order valence-corrected chi connectivity index (χ3v) is 3.80. The van der Waals surface area contributed by atoms with Gasteiger partial charge in [-0.25, -0.2) is 4.79 Å². The molecule has 0 spiro atoms. The second kappa shape index (κ2) is 10.4. The lowest BCUT2D eigenvalue weighted by Gasteiger charge is -2.21. The molecule has 0 unspecified atom stereocenters. The predicted octanol–water partition coefficient (Wildman–Crippen LogP) is 3.01. The van der Waals surface area contributed by atoms with Gasteiger partial charge in [-0.15, -0.1) is 0 Å². The monoisotopic (exact) mass is 371 g/mol. The van der Waals surface area contributed by atoms with Crippen LogP contribution in [0.1, 0.15) is 25.8 Å². The van der Waals surface area contributed by atoms with Crippen LogP contribution in [0.3, 0.4) is 0 Å². The topological polar surface area (TPSA) is 73.9 Å². The summed E-state index contributed by atoms with van der Waals surface area (Å²) in [6.07, 6.45) is 3.39. The molecular formula is C18H23F2NO5. The van der Waals surface area contributed by atoms with Crippen LogP contribution in [-0.2, 0) is 14.3 Å². The molecule has 1 rings (SSSR count). The van der Waals surface area contributed by atoms with Crippen molar-refractivity contribution in [3.05, 3.63) is 29.8 Å². The van der Waals surface area contributed by atoms with Gasteiger partial charge in [0.1, 0.15) is 6.04 Å². The van der Waals surface area contributed by atoms with E-state index in [9.17, 15) is 18.4 Å². The molecule has 6 nitrogen and oxygen atoms in total. The van der Waals surface area contributed by atoms with Crippen molar-refractivity contribution in [2.75, 3.05) is 14.2 Å². The van der Waals surface area contributed by atoms with Gasteiger partial charge in [0.2, 0.25) is 5.91 Å². The van der Waals surface area contributed by atoms with Gasteiger partial charge in [-0.3, -0.25) is 4.79 Å². The number of alkyl halides is 2. The Morgan fingerprint density at radius 2 is 1.92 bits per heavy atom. The first-order valence-electron chi connectivity index (χ1n) is 8.01. The highest BCUT2D eigenvalue weighted by atomic mass is 19.3. The van der Waals surface area contributed by atoms with Gasteiger partial charge in [-0.1, -0.05) is 26.3 Å². The number of methoxy groups -OCH3 is 2. The Balaban J connectivity index is 2.85. The molecule has 0 saturated carbocycles. The molecule has 0 aromatic heterocycles. The minimum Gasteiger partial charge on any atom is -0.493 e. The van der Waals surface area contributed by atoms with Gasteiger partial charge in [-0.2, -0.15) is 8.78 Å². The minimum atomic E-state index is -2.97. The average Bonchev–Trinajstić information content (AvgIpc) is 2.63. The van der Waals surface area contributed by atoms with E-state index in [0.717, 1.165) is 0 Å². The van der Waals surface area contributed by atoms with Gasteiger partial charge in [0.25, 0.3) is 0 Å². The first-order chi connectivity index (χ1) is 12.3. The Morgan fingerprint density at radius 3 is 2.46 bits per heavy atom. The molecule has 0 bridgehead atoms. The van der Waals surface area contributed by atoms with Crippen LogP contribution in [0.2, 0.25) is 0 Å². The second-order valence-corrected chi connectivity index (χ2v) is 5.52. The number of hydrogen-bond acceptors (Lipinski definition) is 5. The summed E-state index contributed by atoms with van der Waals surface area (Å²) in [6.45, 7) is 0.766. The summed E-state index contributed by atoms with van der Waals surface area (Å²) in [5, 5.41) is 2.60. The molecule has 0 fully saturated rings. The third-order valence-electron chi connectivity index (χ3n) is 3.80. The smallest absolute Gasteiger partial charge is 0.387 e. The van der Waals surface area contributed by atoms with Gasteiger partial charge in [-0.05, 0) is 29.7 Å². The van der Waals surface area contributed by atoms with E-state index < -0.39 is 24.5 Å². The van der Waals surface area contributed by atoms with E-state index >= 15 is 0 Å². The number of benzene rings is 1. The normalized spacial score (nSPS) is 13.3. The zero-order valence-corrected chi connectivity index (χ0v) is 15.1. The van der Waals surface area contributed by atoms with Crippen molar-refractivity contribution in [1.29, 1.82) is 0 Å². The maximum absolute atomic E-state index is 12.3. The van der Waals surface area contributed by atoms with E-state index in [1.165, 1.54) is 44.6 Å². The molecule has 2 atom stereocenters. The predicted molar refractivity (Wildman–Crippen MR) is 92.1 cm³/mol. The van der Waals surface area contributed by atoms with E-state index in [1.807, 2.05) is 13.8 Å². The van der Waals surface area contributed by atoms with Gasteiger partial charge >= 0.3 is 12.6 Å². The number of nitrogens with one attached hydrogen (secondary N) is 1. The van der Waals surface area contributed by atoms with E-state index in [4.69, 9.17) is 9.47 Å². The standard InChI is InChI=1S/C18H23F2NO5/c1-5-11(2)16(17(23)25-4)21-15(22)9-7-12-6-8-13(26-18(19)20)14(10-12)24-3/h6-11,16,18H,5H2,1-4H3,(H,21,22)/b9-7+/t11-,16-/m0/s1. The molecule has 26 heavy (non-hydrogen) atoms. The fraction of sp³-hybridized carbons (Fsp3) is 0.444. The van der Waals surface area contributed by atoms with Crippen LogP contribution in [0, 0.1) is 5.92 Å². The van der Waals surface area contributed by atoms with Crippen molar-refractivity contribution >= 4 is 18.0 Å².